The molecule has 5 nitrogen and oxygen atoms in total. The summed E-state index contributed by atoms with van der Waals surface area (Å²) in [7, 11) is 0. The molecule has 0 aromatic heterocycles. The summed E-state index contributed by atoms with van der Waals surface area (Å²) in [6.07, 6.45) is 3.93. The Balaban J connectivity index is 1.47. The molecule has 4 rings (SSSR count). The SMILES string of the molecule is CCOc1cc(/C=C2\SC(=S)N(C[C@H]3CCCO3)C2=O)ccc1OCc1ccc(Br)cc1. The number of thiocarbonyl (C=S) groups is 1. The smallest absolute Gasteiger partial charge is 0.266 e. The number of carbonyl (C=O) groups is 1. The molecule has 1 amide bonds. The van der Waals surface area contributed by atoms with Crippen molar-refractivity contribution in [2.75, 3.05) is 19.8 Å². The van der Waals surface area contributed by atoms with Gasteiger partial charge in [0.1, 0.15) is 10.9 Å². The van der Waals surface area contributed by atoms with Gasteiger partial charge in [0.15, 0.2) is 11.5 Å². The minimum absolute atomic E-state index is 0.0657. The fourth-order valence-electron chi connectivity index (χ4n) is 3.54. The lowest BCUT2D eigenvalue weighted by Crippen LogP contribution is -2.35. The van der Waals surface area contributed by atoms with Gasteiger partial charge in [0.2, 0.25) is 0 Å². The predicted molar refractivity (Wildman–Crippen MR) is 135 cm³/mol. The van der Waals surface area contributed by atoms with Gasteiger partial charge < -0.3 is 14.2 Å². The molecule has 32 heavy (non-hydrogen) atoms. The quantitative estimate of drug-likeness (QED) is 0.315. The maximum Gasteiger partial charge on any atom is 0.266 e. The summed E-state index contributed by atoms with van der Waals surface area (Å²) in [6.45, 7) is 4.17. The van der Waals surface area contributed by atoms with Crippen molar-refractivity contribution in [1.82, 2.24) is 4.90 Å². The summed E-state index contributed by atoms with van der Waals surface area (Å²) in [5.74, 6) is 1.25. The number of rotatable bonds is 8. The number of hydrogen-bond acceptors (Lipinski definition) is 6. The topological polar surface area (TPSA) is 48.0 Å². The predicted octanol–water partition coefficient (Wildman–Crippen LogP) is 5.81. The van der Waals surface area contributed by atoms with Crippen molar-refractivity contribution in [3.63, 3.8) is 0 Å². The molecule has 0 aliphatic carbocycles. The second-order valence-corrected chi connectivity index (χ2v) is 10.1. The van der Waals surface area contributed by atoms with Crippen LogP contribution >= 0.6 is 39.9 Å². The third kappa shape index (κ3) is 5.73. The van der Waals surface area contributed by atoms with Crippen molar-refractivity contribution >= 4 is 56.2 Å². The standard InChI is InChI=1S/C24H24BrNO4S2/c1-2-28-21-12-17(7-10-20(21)30-15-16-5-8-18(25)9-6-16)13-22-23(27)26(24(31)32-22)14-19-4-3-11-29-19/h5-10,12-13,19H,2-4,11,14-15H2,1H3/b22-13-/t19-/m1/s1. The number of benzene rings is 2. The number of nitrogens with zero attached hydrogens (tertiary/aromatic N) is 1. The van der Waals surface area contributed by atoms with Crippen LogP contribution in [0.4, 0.5) is 0 Å². The van der Waals surface area contributed by atoms with Crippen molar-refractivity contribution in [1.29, 1.82) is 0 Å². The molecular weight excluding hydrogens is 510 g/mol. The summed E-state index contributed by atoms with van der Waals surface area (Å²) in [5, 5.41) is 0. The number of ether oxygens (including phenoxy) is 3. The number of thioether (sulfide) groups is 1. The molecule has 0 saturated carbocycles. The maximum atomic E-state index is 12.9. The third-order valence-electron chi connectivity index (χ3n) is 5.16. The van der Waals surface area contributed by atoms with Crippen LogP contribution in [-0.4, -0.2) is 41.0 Å². The molecule has 2 fully saturated rings. The average Bonchev–Trinajstić information content (AvgIpc) is 3.39. The Bertz CT molecular complexity index is 1020. The van der Waals surface area contributed by atoms with Crippen LogP contribution in [0.15, 0.2) is 51.8 Å². The molecule has 0 spiro atoms. The highest BCUT2D eigenvalue weighted by atomic mass is 79.9. The normalized spacial score (nSPS) is 19.8. The Hall–Kier alpha value is -1.87. The Labute approximate surface area is 206 Å². The van der Waals surface area contributed by atoms with E-state index in [2.05, 4.69) is 15.9 Å². The fraction of sp³-hybridized carbons (Fsp3) is 0.333. The molecule has 168 valence electrons. The van der Waals surface area contributed by atoms with Crippen molar-refractivity contribution < 1.29 is 19.0 Å². The van der Waals surface area contributed by atoms with Crippen molar-refractivity contribution in [2.45, 2.75) is 32.5 Å². The molecule has 1 atom stereocenters. The molecule has 2 heterocycles. The van der Waals surface area contributed by atoms with E-state index in [4.69, 9.17) is 26.4 Å². The first kappa shape index (κ1) is 23.3. The Morgan fingerprint density at radius 1 is 1.22 bits per heavy atom. The van der Waals surface area contributed by atoms with E-state index in [0.29, 0.717) is 40.5 Å². The minimum atomic E-state index is -0.0657. The number of amides is 1. The van der Waals surface area contributed by atoms with Gasteiger partial charge in [-0.15, -0.1) is 0 Å². The van der Waals surface area contributed by atoms with Gasteiger partial charge in [0.25, 0.3) is 5.91 Å². The first-order chi connectivity index (χ1) is 15.5. The molecule has 8 heteroatoms. The van der Waals surface area contributed by atoms with Crippen LogP contribution in [-0.2, 0) is 16.1 Å². The van der Waals surface area contributed by atoms with Gasteiger partial charge in [0, 0.05) is 11.1 Å². The first-order valence-corrected chi connectivity index (χ1v) is 12.6. The molecule has 0 N–H and O–H groups in total. The van der Waals surface area contributed by atoms with Gasteiger partial charge in [-0.1, -0.05) is 58.1 Å². The average molecular weight is 534 g/mol. The molecule has 2 aromatic carbocycles. The van der Waals surface area contributed by atoms with E-state index >= 15 is 0 Å². The second-order valence-electron chi connectivity index (χ2n) is 7.48. The first-order valence-electron chi connectivity index (χ1n) is 10.5. The van der Waals surface area contributed by atoms with E-state index < -0.39 is 0 Å². The van der Waals surface area contributed by atoms with Gasteiger partial charge in [-0.05, 0) is 61.2 Å². The number of halogens is 1. The van der Waals surface area contributed by atoms with Gasteiger partial charge in [-0.25, -0.2) is 0 Å². The second kappa shape index (κ2) is 10.8. The van der Waals surface area contributed by atoms with E-state index in [0.717, 1.165) is 35.0 Å². The summed E-state index contributed by atoms with van der Waals surface area (Å²) < 4.78 is 19.1. The molecular formula is C24H24BrNO4S2. The Morgan fingerprint density at radius 2 is 2.03 bits per heavy atom. The van der Waals surface area contributed by atoms with E-state index in [9.17, 15) is 4.79 Å². The van der Waals surface area contributed by atoms with Crippen molar-refractivity contribution in [2.24, 2.45) is 0 Å². The summed E-state index contributed by atoms with van der Waals surface area (Å²) in [5.41, 5.74) is 1.93. The van der Waals surface area contributed by atoms with Gasteiger partial charge in [-0.2, -0.15) is 0 Å². The minimum Gasteiger partial charge on any atom is -0.490 e. The zero-order valence-corrected chi connectivity index (χ0v) is 20.9. The van der Waals surface area contributed by atoms with Gasteiger partial charge in [-0.3, -0.25) is 9.69 Å². The fourth-order valence-corrected chi connectivity index (χ4v) is 5.08. The Morgan fingerprint density at radius 3 is 2.75 bits per heavy atom. The highest BCUT2D eigenvalue weighted by molar-refractivity contribution is 9.10. The zero-order chi connectivity index (χ0) is 22.5. The third-order valence-corrected chi connectivity index (χ3v) is 7.06. The monoisotopic (exact) mass is 533 g/mol. The summed E-state index contributed by atoms with van der Waals surface area (Å²) in [4.78, 5) is 15.2. The lowest BCUT2D eigenvalue weighted by Gasteiger charge is -2.18. The lowest BCUT2D eigenvalue weighted by molar-refractivity contribution is -0.123. The largest absolute Gasteiger partial charge is 0.490 e. The van der Waals surface area contributed by atoms with Crippen molar-refractivity contribution in [3.05, 3.63) is 63.0 Å². The lowest BCUT2D eigenvalue weighted by atomic mass is 10.1. The van der Waals surface area contributed by atoms with Crippen LogP contribution in [0.5, 0.6) is 11.5 Å². The van der Waals surface area contributed by atoms with Crippen LogP contribution in [0.1, 0.15) is 30.9 Å². The molecule has 2 aromatic rings. The van der Waals surface area contributed by atoms with Crippen LogP contribution in [0.25, 0.3) is 6.08 Å². The van der Waals surface area contributed by atoms with E-state index in [1.807, 2.05) is 55.5 Å². The summed E-state index contributed by atoms with van der Waals surface area (Å²) >= 11 is 10.2. The molecule has 2 aliphatic rings. The highest BCUT2D eigenvalue weighted by Crippen LogP contribution is 2.35. The van der Waals surface area contributed by atoms with Crippen LogP contribution in [0, 0.1) is 0 Å². The molecule has 2 aliphatic heterocycles. The molecule has 0 unspecified atom stereocenters. The van der Waals surface area contributed by atoms with E-state index in [1.165, 1.54) is 11.8 Å². The molecule has 0 bridgehead atoms. The number of hydrogen-bond donors (Lipinski definition) is 0. The molecule has 0 radical (unpaired) electrons. The zero-order valence-electron chi connectivity index (χ0n) is 17.7. The number of carbonyl (C=O) groups excluding carboxylic acids is 1. The summed E-state index contributed by atoms with van der Waals surface area (Å²) in [6, 6.07) is 13.7. The van der Waals surface area contributed by atoms with Crippen LogP contribution in [0.2, 0.25) is 0 Å². The molecule has 2 saturated heterocycles. The van der Waals surface area contributed by atoms with Gasteiger partial charge >= 0.3 is 0 Å². The van der Waals surface area contributed by atoms with Crippen LogP contribution in [0.3, 0.4) is 0 Å². The Kier molecular flexibility index (Phi) is 7.88. The van der Waals surface area contributed by atoms with E-state index in [1.54, 1.807) is 4.90 Å². The maximum absolute atomic E-state index is 12.9. The van der Waals surface area contributed by atoms with Crippen LogP contribution < -0.4 is 9.47 Å². The van der Waals surface area contributed by atoms with E-state index in [-0.39, 0.29) is 12.0 Å². The highest BCUT2D eigenvalue weighted by Gasteiger charge is 2.34. The van der Waals surface area contributed by atoms with Gasteiger partial charge in [0.05, 0.1) is 24.2 Å². The van der Waals surface area contributed by atoms with Crippen molar-refractivity contribution in [3.8, 4) is 11.5 Å².